The SMILES string of the molecule is Cc1cc(N(C)C(=O)COc2cccc(N3CCCC3=O)c2)ccc1Br. The summed E-state index contributed by atoms with van der Waals surface area (Å²) in [6.45, 7) is 2.64. The van der Waals surface area contributed by atoms with Gasteiger partial charge >= 0.3 is 0 Å². The van der Waals surface area contributed by atoms with Gasteiger partial charge in [-0.15, -0.1) is 0 Å². The van der Waals surface area contributed by atoms with Gasteiger partial charge in [-0.2, -0.15) is 0 Å². The van der Waals surface area contributed by atoms with Crippen molar-refractivity contribution in [2.45, 2.75) is 19.8 Å². The molecule has 26 heavy (non-hydrogen) atoms. The number of halogens is 1. The fraction of sp³-hybridized carbons (Fsp3) is 0.300. The standard InChI is InChI=1S/C20H21BrN2O3/c1-14-11-15(8-9-18(14)21)22(2)20(25)13-26-17-6-3-5-16(12-17)23-10-4-7-19(23)24/h3,5-6,8-9,11-12H,4,7,10,13H2,1-2H3. The first-order valence-corrected chi connectivity index (χ1v) is 9.31. The molecule has 6 heteroatoms. The average Bonchev–Trinajstić information content (AvgIpc) is 3.07. The molecule has 0 spiro atoms. The van der Waals surface area contributed by atoms with Gasteiger partial charge in [0, 0.05) is 41.9 Å². The van der Waals surface area contributed by atoms with Gasteiger partial charge in [-0.05, 0) is 49.2 Å². The minimum atomic E-state index is -0.144. The van der Waals surface area contributed by atoms with Crippen molar-refractivity contribution in [3.63, 3.8) is 0 Å². The molecule has 0 N–H and O–H groups in total. The summed E-state index contributed by atoms with van der Waals surface area (Å²) < 4.78 is 6.67. The normalized spacial score (nSPS) is 13.8. The highest BCUT2D eigenvalue weighted by molar-refractivity contribution is 9.10. The number of aryl methyl sites for hydroxylation is 1. The summed E-state index contributed by atoms with van der Waals surface area (Å²) in [5.41, 5.74) is 2.69. The third kappa shape index (κ3) is 4.07. The zero-order valence-corrected chi connectivity index (χ0v) is 16.5. The van der Waals surface area contributed by atoms with E-state index in [0.717, 1.165) is 34.4 Å². The van der Waals surface area contributed by atoms with Crippen molar-refractivity contribution in [3.05, 3.63) is 52.5 Å². The van der Waals surface area contributed by atoms with E-state index >= 15 is 0 Å². The van der Waals surface area contributed by atoms with E-state index < -0.39 is 0 Å². The highest BCUT2D eigenvalue weighted by Gasteiger charge is 2.22. The van der Waals surface area contributed by atoms with Crippen LogP contribution >= 0.6 is 15.9 Å². The summed E-state index contributed by atoms with van der Waals surface area (Å²) in [4.78, 5) is 27.6. The number of carbonyl (C=O) groups excluding carboxylic acids is 2. The Labute approximate surface area is 161 Å². The van der Waals surface area contributed by atoms with Crippen molar-refractivity contribution in [1.29, 1.82) is 0 Å². The molecule has 2 aromatic carbocycles. The molecule has 2 aromatic rings. The molecule has 2 amide bonds. The Morgan fingerprint density at radius 3 is 2.77 bits per heavy atom. The van der Waals surface area contributed by atoms with Gasteiger partial charge in [0.25, 0.3) is 5.91 Å². The van der Waals surface area contributed by atoms with Crippen molar-refractivity contribution in [3.8, 4) is 5.75 Å². The summed E-state index contributed by atoms with van der Waals surface area (Å²) in [6.07, 6.45) is 1.46. The molecule has 1 saturated heterocycles. The van der Waals surface area contributed by atoms with Crippen LogP contribution in [0, 0.1) is 6.92 Å². The van der Waals surface area contributed by atoms with E-state index in [1.54, 1.807) is 29.0 Å². The number of ether oxygens (including phenoxy) is 1. The fourth-order valence-electron chi connectivity index (χ4n) is 2.89. The largest absolute Gasteiger partial charge is 0.484 e. The molecule has 0 bridgehead atoms. The Balaban J connectivity index is 1.64. The molecule has 1 aliphatic heterocycles. The van der Waals surface area contributed by atoms with Crippen LogP contribution in [-0.4, -0.2) is 32.0 Å². The smallest absolute Gasteiger partial charge is 0.264 e. The zero-order valence-electron chi connectivity index (χ0n) is 14.9. The average molecular weight is 417 g/mol. The second kappa shape index (κ2) is 7.91. The number of hydrogen-bond acceptors (Lipinski definition) is 3. The van der Waals surface area contributed by atoms with Crippen LogP contribution in [0.2, 0.25) is 0 Å². The Morgan fingerprint density at radius 1 is 1.27 bits per heavy atom. The molecule has 0 atom stereocenters. The Kier molecular flexibility index (Phi) is 5.61. The molecule has 136 valence electrons. The fourth-order valence-corrected chi connectivity index (χ4v) is 3.13. The summed E-state index contributed by atoms with van der Waals surface area (Å²) >= 11 is 3.46. The molecule has 0 aromatic heterocycles. The van der Waals surface area contributed by atoms with Gasteiger partial charge in [0.2, 0.25) is 5.91 Å². The number of benzene rings is 2. The molecular formula is C20H21BrN2O3. The van der Waals surface area contributed by atoms with Crippen LogP contribution in [0.15, 0.2) is 46.9 Å². The van der Waals surface area contributed by atoms with E-state index in [9.17, 15) is 9.59 Å². The number of amides is 2. The van der Waals surface area contributed by atoms with Crippen LogP contribution < -0.4 is 14.5 Å². The molecule has 3 rings (SSSR count). The molecule has 1 heterocycles. The van der Waals surface area contributed by atoms with Crippen molar-refractivity contribution < 1.29 is 14.3 Å². The predicted molar refractivity (Wildman–Crippen MR) is 106 cm³/mol. The molecule has 1 fully saturated rings. The second-order valence-corrected chi connectivity index (χ2v) is 7.18. The quantitative estimate of drug-likeness (QED) is 0.741. The number of likely N-dealkylation sites (N-methyl/N-ethyl adjacent to an activating group) is 1. The summed E-state index contributed by atoms with van der Waals surface area (Å²) in [5.74, 6) is 0.564. The zero-order chi connectivity index (χ0) is 18.7. The maximum absolute atomic E-state index is 12.4. The van der Waals surface area contributed by atoms with E-state index in [1.807, 2.05) is 37.3 Å². The minimum Gasteiger partial charge on any atom is -0.484 e. The molecule has 0 saturated carbocycles. The number of anilines is 2. The molecule has 0 unspecified atom stereocenters. The van der Waals surface area contributed by atoms with Gasteiger partial charge in [0.05, 0.1) is 0 Å². The monoisotopic (exact) mass is 416 g/mol. The lowest BCUT2D eigenvalue weighted by molar-refractivity contribution is -0.120. The van der Waals surface area contributed by atoms with E-state index in [0.29, 0.717) is 12.2 Å². The third-order valence-corrected chi connectivity index (χ3v) is 5.36. The first kappa shape index (κ1) is 18.5. The maximum Gasteiger partial charge on any atom is 0.264 e. The summed E-state index contributed by atoms with van der Waals surface area (Å²) in [7, 11) is 1.73. The van der Waals surface area contributed by atoms with E-state index in [-0.39, 0.29) is 18.4 Å². The number of nitrogens with zero attached hydrogens (tertiary/aromatic N) is 2. The van der Waals surface area contributed by atoms with E-state index in [4.69, 9.17) is 4.74 Å². The van der Waals surface area contributed by atoms with Gasteiger partial charge in [0.15, 0.2) is 6.61 Å². The van der Waals surface area contributed by atoms with Crippen molar-refractivity contribution in [1.82, 2.24) is 0 Å². The van der Waals surface area contributed by atoms with Gasteiger partial charge in [-0.3, -0.25) is 9.59 Å². The number of hydrogen-bond donors (Lipinski definition) is 0. The maximum atomic E-state index is 12.4. The topological polar surface area (TPSA) is 49.9 Å². The number of carbonyl (C=O) groups is 2. The highest BCUT2D eigenvalue weighted by Crippen LogP contribution is 2.26. The first-order chi connectivity index (χ1) is 12.5. The Bertz CT molecular complexity index is 838. The first-order valence-electron chi connectivity index (χ1n) is 8.51. The molecule has 5 nitrogen and oxygen atoms in total. The minimum absolute atomic E-state index is 0.0665. The van der Waals surface area contributed by atoms with Gasteiger partial charge in [-0.1, -0.05) is 22.0 Å². The lowest BCUT2D eigenvalue weighted by atomic mass is 10.2. The van der Waals surface area contributed by atoms with Gasteiger partial charge in [-0.25, -0.2) is 0 Å². The second-order valence-electron chi connectivity index (χ2n) is 6.32. The molecule has 0 radical (unpaired) electrons. The molecule has 0 aliphatic carbocycles. The van der Waals surface area contributed by atoms with Gasteiger partial charge < -0.3 is 14.5 Å². The van der Waals surface area contributed by atoms with E-state index in [2.05, 4.69) is 15.9 Å². The lowest BCUT2D eigenvalue weighted by Gasteiger charge is -2.19. The van der Waals surface area contributed by atoms with Crippen LogP contribution in [0.4, 0.5) is 11.4 Å². The van der Waals surface area contributed by atoms with Crippen molar-refractivity contribution in [2.75, 3.05) is 30.0 Å². The highest BCUT2D eigenvalue weighted by atomic mass is 79.9. The van der Waals surface area contributed by atoms with Crippen LogP contribution in [0.3, 0.4) is 0 Å². The Hall–Kier alpha value is -2.34. The van der Waals surface area contributed by atoms with Crippen molar-refractivity contribution in [2.24, 2.45) is 0 Å². The van der Waals surface area contributed by atoms with Crippen LogP contribution in [0.25, 0.3) is 0 Å². The van der Waals surface area contributed by atoms with Crippen molar-refractivity contribution >= 4 is 39.1 Å². The molecular weight excluding hydrogens is 396 g/mol. The third-order valence-electron chi connectivity index (χ3n) is 4.47. The van der Waals surface area contributed by atoms with Gasteiger partial charge in [0.1, 0.15) is 5.75 Å². The van der Waals surface area contributed by atoms with Crippen LogP contribution in [-0.2, 0) is 9.59 Å². The Morgan fingerprint density at radius 2 is 2.08 bits per heavy atom. The van der Waals surface area contributed by atoms with E-state index in [1.165, 1.54) is 0 Å². The summed E-state index contributed by atoms with van der Waals surface area (Å²) in [6, 6.07) is 13.1. The predicted octanol–water partition coefficient (Wildman–Crippen LogP) is 3.93. The molecule has 1 aliphatic rings. The summed E-state index contributed by atoms with van der Waals surface area (Å²) in [5, 5.41) is 0. The van der Waals surface area contributed by atoms with Crippen LogP contribution in [0.1, 0.15) is 18.4 Å². The van der Waals surface area contributed by atoms with Crippen LogP contribution in [0.5, 0.6) is 5.75 Å². The number of rotatable bonds is 5. The lowest BCUT2D eigenvalue weighted by Crippen LogP contribution is -2.31.